The van der Waals surface area contributed by atoms with Gasteiger partial charge in [0, 0.05) is 32.0 Å². The molecule has 0 bridgehead atoms. The van der Waals surface area contributed by atoms with Gasteiger partial charge in [-0.1, -0.05) is 24.0 Å². The highest BCUT2D eigenvalue weighted by Crippen LogP contribution is 2.17. The number of hydrogen-bond acceptors (Lipinski definition) is 5. The summed E-state index contributed by atoms with van der Waals surface area (Å²) in [6.45, 7) is 5.08. The Labute approximate surface area is 121 Å². The second-order valence-electron chi connectivity index (χ2n) is 4.39. The predicted octanol–water partition coefficient (Wildman–Crippen LogP) is 0.939. The zero-order valence-electron chi connectivity index (χ0n) is 11.1. The summed E-state index contributed by atoms with van der Waals surface area (Å²) in [7, 11) is 1.66. The van der Waals surface area contributed by atoms with Gasteiger partial charge in [-0.15, -0.1) is 0 Å². The van der Waals surface area contributed by atoms with Gasteiger partial charge in [-0.3, -0.25) is 4.79 Å². The monoisotopic (exact) mass is 299 g/mol. The van der Waals surface area contributed by atoms with E-state index in [1.165, 1.54) is 4.68 Å². The second kappa shape index (κ2) is 6.49. The first-order valence-corrected chi connectivity index (χ1v) is 7.50. The highest BCUT2D eigenvalue weighted by Gasteiger charge is 2.15. The van der Waals surface area contributed by atoms with Gasteiger partial charge >= 0.3 is 0 Å². The Morgan fingerprint density at radius 2 is 2.21 bits per heavy atom. The lowest BCUT2D eigenvalue weighted by molar-refractivity contribution is 0.0702. The molecule has 0 radical (unpaired) electrons. The zero-order valence-corrected chi connectivity index (χ0v) is 12.7. The van der Waals surface area contributed by atoms with E-state index in [0.29, 0.717) is 5.75 Å². The SMILES string of the molecule is Cc1cc(=O)n(C)nc1CSC(=S)N1CCOCC1. The second-order valence-corrected chi connectivity index (χ2v) is 6.00. The van der Waals surface area contributed by atoms with Gasteiger partial charge in [0.15, 0.2) is 0 Å². The van der Waals surface area contributed by atoms with E-state index in [0.717, 1.165) is 41.9 Å². The van der Waals surface area contributed by atoms with E-state index in [1.807, 2.05) is 6.92 Å². The third kappa shape index (κ3) is 3.77. The molecule has 2 rings (SSSR count). The molecule has 1 aliphatic heterocycles. The van der Waals surface area contributed by atoms with E-state index >= 15 is 0 Å². The van der Waals surface area contributed by atoms with Crippen LogP contribution < -0.4 is 5.56 Å². The number of aromatic nitrogens is 2. The molecule has 1 fully saturated rings. The van der Waals surface area contributed by atoms with Gasteiger partial charge in [0.2, 0.25) is 0 Å². The van der Waals surface area contributed by atoms with Crippen LogP contribution in [0.3, 0.4) is 0 Å². The topological polar surface area (TPSA) is 47.4 Å². The Kier molecular flexibility index (Phi) is 4.95. The molecule has 0 unspecified atom stereocenters. The Hall–Kier alpha value is -0.920. The molecule has 5 nitrogen and oxygen atoms in total. The summed E-state index contributed by atoms with van der Waals surface area (Å²) in [6.07, 6.45) is 0. The molecule has 0 aromatic carbocycles. The normalized spacial score (nSPS) is 15.6. The maximum Gasteiger partial charge on any atom is 0.266 e. The number of nitrogens with zero attached hydrogens (tertiary/aromatic N) is 3. The standard InChI is InChI=1S/C12H17N3O2S2/c1-9-7-11(16)14(2)13-10(9)8-19-12(18)15-3-5-17-6-4-15/h7H,3-6,8H2,1-2H3. The highest BCUT2D eigenvalue weighted by molar-refractivity contribution is 8.22. The third-order valence-electron chi connectivity index (χ3n) is 2.99. The minimum absolute atomic E-state index is 0.0815. The van der Waals surface area contributed by atoms with Crippen molar-refractivity contribution in [1.29, 1.82) is 0 Å². The van der Waals surface area contributed by atoms with Crippen molar-refractivity contribution in [2.24, 2.45) is 7.05 Å². The molecule has 1 saturated heterocycles. The van der Waals surface area contributed by atoms with Gasteiger partial charge < -0.3 is 9.64 Å². The zero-order chi connectivity index (χ0) is 13.8. The lowest BCUT2D eigenvalue weighted by Gasteiger charge is -2.28. The molecular weight excluding hydrogens is 282 g/mol. The lowest BCUT2D eigenvalue weighted by Crippen LogP contribution is -2.38. The maximum absolute atomic E-state index is 11.4. The molecule has 1 aromatic heterocycles. The van der Waals surface area contributed by atoms with Crippen molar-refractivity contribution in [1.82, 2.24) is 14.7 Å². The fraction of sp³-hybridized carbons (Fsp3) is 0.583. The molecule has 0 amide bonds. The van der Waals surface area contributed by atoms with E-state index in [2.05, 4.69) is 10.00 Å². The van der Waals surface area contributed by atoms with Crippen LogP contribution in [0.2, 0.25) is 0 Å². The molecule has 0 saturated carbocycles. The fourth-order valence-electron chi connectivity index (χ4n) is 1.78. The predicted molar refractivity (Wildman–Crippen MR) is 80.5 cm³/mol. The molecule has 19 heavy (non-hydrogen) atoms. The van der Waals surface area contributed by atoms with Crippen molar-refractivity contribution in [3.05, 3.63) is 27.7 Å². The highest BCUT2D eigenvalue weighted by atomic mass is 32.2. The van der Waals surface area contributed by atoms with E-state index < -0.39 is 0 Å². The van der Waals surface area contributed by atoms with Crippen LogP contribution in [0.1, 0.15) is 11.3 Å². The van der Waals surface area contributed by atoms with Crippen molar-refractivity contribution >= 4 is 28.3 Å². The van der Waals surface area contributed by atoms with E-state index in [4.69, 9.17) is 17.0 Å². The molecule has 104 valence electrons. The number of thioether (sulfide) groups is 1. The summed E-state index contributed by atoms with van der Waals surface area (Å²) in [5.41, 5.74) is 1.74. The molecular formula is C12H17N3O2S2. The molecule has 0 atom stereocenters. The number of rotatable bonds is 2. The summed E-state index contributed by atoms with van der Waals surface area (Å²) in [5, 5.41) is 4.27. The number of hydrogen-bond donors (Lipinski definition) is 0. The average molecular weight is 299 g/mol. The minimum atomic E-state index is -0.0815. The Bertz CT molecular complexity index is 524. The maximum atomic E-state index is 11.4. The smallest absolute Gasteiger partial charge is 0.266 e. The van der Waals surface area contributed by atoms with Crippen molar-refractivity contribution in [2.75, 3.05) is 26.3 Å². The lowest BCUT2D eigenvalue weighted by atomic mass is 10.2. The van der Waals surface area contributed by atoms with Crippen LogP contribution in [0.4, 0.5) is 0 Å². The molecule has 7 heteroatoms. The van der Waals surface area contributed by atoms with Gasteiger partial charge in [-0.2, -0.15) is 5.10 Å². The van der Waals surface area contributed by atoms with Crippen LogP contribution in [0.5, 0.6) is 0 Å². The first-order valence-electron chi connectivity index (χ1n) is 6.11. The van der Waals surface area contributed by atoms with Gasteiger partial charge in [0.25, 0.3) is 5.56 Å². The number of ether oxygens (including phenoxy) is 1. The van der Waals surface area contributed by atoms with Gasteiger partial charge in [-0.05, 0) is 12.5 Å². The first kappa shape index (κ1) is 14.5. The quantitative estimate of drug-likeness (QED) is 0.758. The Morgan fingerprint density at radius 3 is 2.89 bits per heavy atom. The average Bonchev–Trinajstić information content (AvgIpc) is 2.42. The number of morpholine rings is 1. The minimum Gasteiger partial charge on any atom is -0.378 e. The molecule has 0 aliphatic carbocycles. The van der Waals surface area contributed by atoms with Crippen molar-refractivity contribution in [3.63, 3.8) is 0 Å². The fourth-order valence-corrected chi connectivity index (χ4v) is 3.05. The summed E-state index contributed by atoms with van der Waals surface area (Å²) >= 11 is 7.00. The molecule has 0 N–H and O–H groups in total. The Morgan fingerprint density at radius 1 is 1.53 bits per heavy atom. The van der Waals surface area contributed by atoms with Gasteiger partial charge in [-0.25, -0.2) is 4.68 Å². The number of thiocarbonyl (C=S) groups is 1. The molecule has 1 aromatic rings. The van der Waals surface area contributed by atoms with E-state index in [9.17, 15) is 4.79 Å². The summed E-state index contributed by atoms with van der Waals surface area (Å²) in [5.74, 6) is 0.691. The Balaban J connectivity index is 1.96. The van der Waals surface area contributed by atoms with Crippen molar-refractivity contribution in [3.8, 4) is 0 Å². The van der Waals surface area contributed by atoms with Crippen LogP contribution in [0, 0.1) is 6.92 Å². The van der Waals surface area contributed by atoms with Crippen LogP contribution in [0.15, 0.2) is 10.9 Å². The summed E-state index contributed by atoms with van der Waals surface area (Å²) in [4.78, 5) is 13.6. The van der Waals surface area contributed by atoms with E-state index in [-0.39, 0.29) is 5.56 Å². The van der Waals surface area contributed by atoms with Crippen LogP contribution >= 0.6 is 24.0 Å². The van der Waals surface area contributed by atoms with Crippen molar-refractivity contribution in [2.45, 2.75) is 12.7 Å². The third-order valence-corrected chi connectivity index (χ3v) is 4.52. The van der Waals surface area contributed by atoms with Crippen LogP contribution in [0.25, 0.3) is 0 Å². The van der Waals surface area contributed by atoms with E-state index in [1.54, 1.807) is 24.9 Å². The van der Waals surface area contributed by atoms with Crippen LogP contribution in [-0.4, -0.2) is 45.3 Å². The molecule has 2 heterocycles. The summed E-state index contributed by atoms with van der Waals surface area (Å²) < 4.78 is 7.53. The number of aryl methyl sites for hydroxylation is 2. The molecule has 1 aliphatic rings. The summed E-state index contributed by atoms with van der Waals surface area (Å²) in [6, 6.07) is 1.61. The van der Waals surface area contributed by atoms with Gasteiger partial charge in [0.05, 0.1) is 18.9 Å². The van der Waals surface area contributed by atoms with Crippen molar-refractivity contribution < 1.29 is 4.74 Å². The largest absolute Gasteiger partial charge is 0.378 e. The van der Waals surface area contributed by atoms with Crippen LogP contribution in [-0.2, 0) is 17.5 Å². The van der Waals surface area contributed by atoms with Gasteiger partial charge in [0.1, 0.15) is 4.32 Å². The molecule has 0 spiro atoms. The first-order chi connectivity index (χ1) is 9.08.